The van der Waals surface area contributed by atoms with Gasteiger partial charge in [-0.05, 0) is 88.2 Å². The molecular formula is C27H39N7S. The molecule has 1 aromatic heterocycles. The van der Waals surface area contributed by atoms with Crippen molar-refractivity contribution in [1.29, 1.82) is 0 Å². The molecule has 0 bridgehead atoms. The second-order valence-electron chi connectivity index (χ2n) is 10.2. The van der Waals surface area contributed by atoms with E-state index in [9.17, 15) is 0 Å². The van der Waals surface area contributed by atoms with E-state index >= 15 is 0 Å². The second kappa shape index (κ2) is 11.4. The third-order valence-electron chi connectivity index (χ3n) is 7.56. The molecule has 1 atom stereocenters. The standard InChI is InChI=1S/C27H39N7S/c1-21-9-3-6-18-34(21)25-19-24(33-16-4-2-5-17-33)29-26(30-25)31-27(35)28-20-22-10-12-23(13-11-22)32-14-7-8-15-32/h10-13,19,21H,2-9,14-18,20H2,1H3,(H2,28,29,30,31,35)/t21-/m1/s1. The van der Waals surface area contributed by atoms with E-state index in [2.05, 4.69) is 62.6 Å². The molecule has 7 nitrogen and oxygen atoms in total. The first-order valence-electron chi connectivity index (χ1n) is 13.5. The number of thiocarbonyl (C=S) groups is 1. The average molecular weight is 494 g/mol. The van der Waals surface area contributed by atoms with Gasteiger partial charge in [0, 0.05) is 57.1 Å². The van der Waals surface area contributed by atoms with Crippen LogP contribution in [0, 0.1) is 0 Å². The minimum Gasteiger partial charge on any atom is -0.372 e. The number of nitrogens with zero attached hydrogens (tertiary/aromatic N) is 5. The molecule has 0 radical (unpaired) electrons. The lowest BCUT2D eigenvalue weighted by atomic mass is 10.0. The molecule has 2 N–H and O–H groups in total. The monoisotopic (exact) mass is 493 g/mol. The Balaban J connectivity index is 1.25. The van der Waals surface area contributed by atoms with E-state index in [0.717, 1.165) is 31.3 Å². The Labute approximate surface area is 215 Å². The molecule has 8 heteroatoms. The first-order valence-corrected chi connectivity index (χ1v) is 13.9. The Bertz CT molecular complexity index is 984. The topological polar surface area (TPSA) is 59.6 Å². The maximum atomic E-state index is 5.63. The number of piperidine rings is 2. The van der Waals surface area contributed by atoms with E-state index < -0.39 is 0 Å². The van der Waals surface area contributed by atoms with E-state index in [1.54, 1.807) is 0 Å². The third kappa shape index (κ3) is 6.15. The summed E-state index contributed by atoms with van der Waals surface area (Å²) in [5.41, 5.74) is 2.53. The minimum atomic E-state index is 0.495. The van der Waals surface area contributed by atoms with Gasteiger partial charge in [0.25, 0.3) is 0 Å². The predicted molar refractivity (Wildman–Crippen MR) is 150 cm³/mol. The van der Waals surface area contributed by atoms with Crippen molar-refractivity contribution in [2.45, 2.75) is 70.9 Å². The fourth-order valence-electron chi connectivity index (χ4n) is 5.48. The first kappa shape index (κ1) is 24.1. The number of hydrogen-bond acceptors (Lipinski definition) is 6. The van der Waals surface area contributed by atoms with Crippen LogP contribution in [0.3, 0.4) is 0 Å². The average Bonchev–Trinajstić information content (AvgIpc) is 3.44. The molecule has 3 aliphatic heterocycles. The molecule has 3 saturated heterocycles. The molecular weight excluding hydrogens is 454 g/mol. The lowest BCUT2D eigenvalue weighted by Gasteiger charge is -2.35. The highest BCUT2D eigenvalue weighted by atomic mass is 32.1. The van der Waals surface area contributed by atoms with Crippen LogP contribution >= 0.6 is 12.2 Å². The lowest BCUT2D eigenvalue weighted by Crippen LogP contribution is -2.39. The number of rotatable bonds is 6. The quantitative estimate of drug-likeness (QED) is 0.549. The highest BCUT2D eigenvalue weighted by Crippen LogP contribution is 2.28. The van der Waals surface area contributed by atoms with Gasteiger partial charge in [0.05, 0.1) is 0 Å². The van der Waals surface area contributed by atoms with Crippen LogP contribution < -0.4 is 25.3 Å². The van der Waals surface area contributed by atoms with Crippen LogP contribution in [0.25, 0.3) is 0 Å². The van der Waals surface area contributed by atoms with Gasteiger partial charge < -0.3 is 25.3 Å². The van der Waals surface area contributed by atoms with E-state index in [4.69, 9.17) is 22.2 Å². The molecule has 0 unspecified atom stereocenters. The molecule has 5 rings (SSSR count). The van der Waals surface area contributed by atoms with Gasteiger partial charge in [-0.2, -0.15) is 9.97 Å². The zero-order chi connectivity index (χ0) is 24.0. The van der Waals surface area contributed by atoms with Crippen molar-refractivity contribution in [2.24, 2.45) is 0 Å². The Morgan fingerprint density at radius 1 is 0.857 bits per heavy atom. The summed E-state index contributed by atoms with van der Waals surface area (Å²) in [6.45, 7) is 8.47. The number of aromatic nitrogens is 2. The lowest BCUT2D eigenvalue weighted by molar-refractivity contribution is 0.481. The molecule has 0 aliphatic carbocycles. The Kier molecular flexibility index (Phi) is 7.86. The maximum absolute atomic E-state index is 5.63. The summed E-state index contributed by atoms with van der Waals surface area (Å²) in [4.78, 5) is 17.1. The summed E-state index contributed by atoms with van der Waals surface area (Å²) in [5, 5.41) is 7.18. The molecule has 2 aromatic rings. The number of nitrogens with one attached hydrogen (secondary N) is 2. The highest BCUT2D eigenvalue weighted by molar-refractivity contribution is 7.80. The van der Waals surface area contributed by atoms with Crippen molar-refractivity contribution in [1.82, 2.24) is 15.3 Å². The van der Waals surface area contributed by atoms with Gasteiger partial charge >= 0.3 is 0 Å². The van der Waals surface area contributed by atoms with Crippen molar-refractivity contribution < 1.29 is 0 Å². The summed E-state index contributed by atoms with van der Waals surface area (Å²) in [6, 6.07) is 11.5. The van der Waals surface area contributed by atoms with Crippen molar-refractivity contribution in [3.8, 4) is 0 Å². The SMILES string of the molecule is C[C@@H]1CCCCN1c1cc(N2CCCCC2)nc(NC(=S)NCc2ccc(N3CCCC3)cc2)n1. The molecule has 0 spiro atoms. The summed E-state index contributed by atoms with van der Waals surface area (Å²) in [5.74, 6) is 2.61. The van der Waals surface area contributed by atoms with E-state index in [1.807, 2.05) is 0 Å². The van der Waals surface area contributed by atoms with Crippen molar-refractivity contribution in [3.63, 3.8) is 0 Å². The number of benzene rings is 1. The Morgan fingerprint density at radius 3 is 2.26 bits per heavy atom. The van der Waals surface area contributed by atoms with Crippen LogP contribution in [0.4, 0.5) is 23.3 Å². The second-order valence-corrected chi connectivity index (χ2v) is 10.6. The normalized spacial score (nSPS) is 20.7. The third-order valence-corrected chi connectivity index (χ3v) is 7.81. The zero-order valence-corrected chi connectivity index (χ0v) is 21.8. The van der Waals surface area contributed by atoms with Crippen LogP contribution in [0.2, 0.25) is 0 Å². The van der Waals surface area contributed by atoms with Gasteiger partial charge in [-0.15, -0.1) is 0 Å². The van der Waals surface area contributed by atoms with Crippen molar-refractivity contribution >= 4 is 40.6 Å². The molecule has 4 heterocycles. The van der Waals surface area contributed by atoms with Crippen molar-refractivity contribution in [3.05, 3.63) is 35.9 Å². The summed E-state index contributed by atoms with van der Waals surface area (Å²) in [7, 11) is 0. The largest absolute Gasteiger partial charge is 0.372 e. The van der Waals surface area contributed by atoms with Crippen LogP contribution in [0.1, 0.15) is 63.9 Å². The number of hydrogen-bond donors (Lipinski definition) is 2. The minimum absolute atomic E-state index is 0.495. The molecule has 3 fully saturated rings. The molecule has 0 amide bonds. The smallest absolute Gasteiger partial charge is 0.232 e. The van der Waals surface area contributed by atoms with Crippen LogP contribution in [0.5, 0.6) is 0 Å². The van der Waals surface area contributed by atoms with Gasteiger partial charge in [-0.1, -0.05) is 12.1 Å². The van der Waals surface area contributed by atoms with Gasteiger partial charge in [0.2, 0.25) is 5.95 Å². The number of anilines is 4. The fraction of sp³-hybridized carbons (Fsp3) is 0.593. The Hall–Kier alpha value is -2.61. The summed E-state index contributed by atoms with van der Waals surface area (Å²) < 4.78 is 0. The molecule has 3 aliphatic rings. The van der Waals surface area contributed by atoms with E-state index in [1.165, 1.54) is 75.7 Å². The van der Waals surface area contributed by atoms with Gasteiger partial charge in [-0.25, -0.2) is 0 Å². The first-order chi connectivity index (χ1) is 17.2. The maximum Gasteiger partial charge on any atom is 0.232 e. The van der Waals surface area contributed by atoms with Gasteiger partial charge in [0.1, 0.15) is 11.6 Å². The molecule has 35 heavy (non-hydrogen) atoms. The van der Waals surface area contributed by atoms with E-state index in [-0.39, 0.29) is 0 Å². The highest BCUT2D eigenvalue weighted by Gasteiger charge is 2.23. The molecule has 188 valence electrons. The van der Waals surface area contributed by atoms with Crippen molar-refractivity contribution in [2.75, 3.05) is 52.7 Å². The van der Waals surface area contributed by atoms with Crippen LogP contribution in [-0.4, -0.2) is 53.8 Å². The van der Waals surface area contributed by atoms with Gasteiger partial charge in [0.15, 0.2) is 5.11 Å². The molecule has 1 aromatic carbocycles. The molecule has 0 saturated carbocycles. The van der Waals surface area contributed by atoms with Crippen LogP contribution in [-0.2, 0) is 6.54 Å². The van der Waals surface area contributed by atoms with E-state index in [0.29, 0.717) is 23.6 Å². The summed E-state index contributed by atoms with van der Waals surface area (Å²) >= 11 is 5.63. The summed E-state index contributed by atoms with van der Waals surface area (Å²) in [6.07, 6.45) is 10.0. The predicted octanol–water partition coefficient (Wildman–Crippen LogP) is 4.93. The fourth-order valence-corrected chi connectivity index (χ4v) is 5.64. The van der Waals surface area contributed by atoms with Gasteiger partial charge in [-0.3, -0.25) is 0 Å². The zero-order valence-electron chi connectivity index (χ0n) is 21.0. The Morgan fingerprint density at radius 2 is 1.51 bits per heavy atom. The van der Waals surface area contributed by atoms with Crippen LogP contribution in [0.15, 0.2) is 30.3 Å².